The first-order valence-electron chi connectivity index (χ1n) is 7.86. The van der Waals surface area contributed by atoms with Gasteiger partial charge in [-0.05, 0) is 44.6 Å². The highest BCUT2D eigenvalue weighted by atomic mass is 35.5. The molecule has 1 fully saturated rings. The van der Waals surface area contributed by atoms with Gasteiger partial charge in [-0.25, -0.2) is 0 Å². The summed E-state index contributed by atoms with van der Waals surface area (Å²) < 4.78 is 0. The van der Waals surface area contributed by atoms with Gasteiger partial charge in [-0.15, -0.1) is 0 Å². The summed E-state index contributed by atoms with van der Waals surface area (Å²) in [6, 6.07) is 8.59. The van der Waals surface area contributed by atoms with Gasteiger partial charge in [0, 0.05) is 10.6 Å². The highest BCUT2D eigenvalue weighted by Gasteiger charge is 2.45. The largest absolute Gasteiger partial charge is 0.311 e. The molecule has 112 valence electrons. The summed E-state index contributed by atoms with van der Waals surface area (Å²) >= 11 is 6.47. The van der Waals surface area contributed by atoms with E-state index in [0.29, 0.717) is 6.04 Å². The minimum atomic E-state index is 0.212. The first kappa shape index (κ1) is 15.8. The van der Waals surface area contributed by atoms with Crippen molar-refractivity contribution in [3.05, 3.63) is 34.9 Å². The second-order valence-electron chi connectivity index (χ2n) is 5.73. The van der Waals surface area contributed by atoms with Crippen molar-refractivity contribution in [2.24, 2.45) is 0 Å². The van der Waals surface area contributed by atoms with E-state index in [0.717, 1.165) is 18.1 Å². The highest BCUT2D eigenvalue weighted by Crippen LogP contribution is 2.45. The molecule has 1 aromatic carbocycles. The van der Waals surface area contributed by atoms with E-state index in [-0.39, 0.29) is 5.54 Å². The van der Waals surface area contributed by atoms with E-state index in [4.69, 9.17) is 11.6 Å². The van der Waals surface area contributed by atoms with Crippen LogP contribution < -0.4 is 5.32 Å². The molecule has 2 nitrogen and oxygen atoms in total. The van der Waals surface area contributed by atoms with E-state index >= 15 is 0 Å². The number of hydrogen-bond acceptors (Lipinski definition) is 2. The molecule has 1 aliphatic carbocycles. The molecule has 1 N–H and O–H groups in total. The van der Waals surface area contributed by atoms with Gasteiger partial charge in [-0.3, -0.25) is 4.90 Å². The predicted octanol–water partition coefficient (Wildman–Crippen LogP) is 4.26. The van der Waals surface area contributed by atoms with Crippen LogP contribution in [0.5, 0.6) is 0 Å². The molecule has 1 aliphatic rings. The van der Waals surface area contributed by atoms with Gasteiger partial charge in [0.05, 0.1) is 6.04 Å². The van der Waals surface area contributed by atoms with E-state index in [1.54, 1.807) is 0 Å². The van der Waals surface area contributed by atoms with E-state index < -0.39 is 0 Å². The summed E-state index contributed by atoms with van der Waals surface area (Å²) in [6.07, 6.45) is 5.15. The Morgan fingerprint density at radius 2 is 1.80 bits per heavy atom. The summed E-state index contributed by atoms with van der Waals surface area (Å²) in [5.41, 5.74) is 1.45. The molecule has 0 aromatic heterocycles. The number of hydrogen-bond donors (Lipinski definition) is 1. The monoisotopic (exact) mass is 294 g/mol. The maximum absolute atomic E-state index is 6.47. The number of nitrogens with one attached hydrogen (secondary N) is 1. The predicted molar refractivity (Wildman–Crippen MR) is 87.4 cm³/mol. The Hall–Kier alpha value is -0.570. The van der Waals surface area contributed by atoms with Crippen molar-refractivity contribution in [3.8, 4) is 0 Å². The Kier molecular flexibility index (Phi) is 5.48. The fourth-order valence-corrected chi connectivity index (χ4v) is 4.30. The SMILES string of the molecule is CCN(CC)C1(C(NC)c2ccccc2Cl)CCCC1. The Bertz CT molecular complexity index is 423. The van der Waals surface area contributed by atoms with Gasteiger partial charge in [-0.1, -0.05) is 56.5 Å². The second-order valence-corrected chi connectivity index (χ2v) is 6.13. The summed E-state index contributed by atoms with van der Waals surface area (Å²) in [5, 5.41) is 4.44. The summed E-state index contributed by atoms with van der Waals surface area (Å²) in [6.45, 7) is 6.73. The average molecular weight is 295 g/mol. The number of halogens is 1. The molecule has 0 aliphatic heterocycles. The highest BCUT2D eigenvalue weighted by molar-refractivity contribution is 6.31. The molecule has 0 saturated heterocycles. The van der Waals surface area contributed by atoms with Crippen LogP contribution in [0.2, 0.25) is 5.02 Å². The zero-order valence-electron chi connectivity index (χ0n) is 13.0. The third-order valence-corrected chi connectivity index (χ3v) is 5.25. The maximum Gasteiger partial charge on any atom is 0.0519 e. The van der Waals surface area contributed by atoms with Crippen molar-refractivity contribution in [3.63, 3.8) is 0 Å². The van der Waals surface area contributed by atoms with Crippen LogP contribution in [-0.2, 0) is 0 Å². The van der Waals surface area contributed by atoms with Crippen molar-refractivity contribution in [2.45, 2.75) is 51.1 Å². The average Bonchev–Trinajstić information content (AvgIpc) is 2.93. The van der Waals surface area contributed by atoms with E-state index in [1.165, 1.54) is 31.2 Å². The van der Waals surface area contributed by atoms with Crippen LogP contribution in [0.1, 0.15) is 51.1 Å². The van der Waals surface area contributed by atoms with Crippen molar-refractivity contribution in [2.75, 3.05) is 20.1 Å². The van der Waals surface area contributed by atoms with Crippen molar-refractivity contribution in [1.29, 1.82) is 0 Å². The number of benzene rings is 1. The summed E-state index contributed by atoms with van der Waals surface area (Å²) in [5.74, 6) is 0. The third kappa shape index (κ3) is 2.74. The van der Waals surface area contributed by atoms with E-state index in [9.17, 15) is 0 Å². The molecule has 2 rings (SSSR count). The lowest BCUT2D eigenvalue weighted by atomic mass is 9.81. The van der Waals surface area contributed by atoms with Crippen LogP contribution in [0.15, 0.2) is 24.3 Å². The molecule has 20 heavy (non-hydrogen) atoms. The third-order valence-electron chi connectivity index (χ3n) is 4.90. The van der Waals surface area contributed by atoms with Crippen LogP contribution in [0.4, 0.5) is 0 Å². The molecule has 0 heterocycles. The van der Waals surface area contributed by atoms with E-state index in [1.807, 2.05) is 12.1 Å². The maximum atomic E-state index is 6.47. The molecular formula is C17H27ClN2. The van der Waals surface area contributed by atoms with Gasteiger partial charge in [0.1, 0.15) is 0 Å². The molecule has 1 atom stereocenters. The topological polar surface area (TPSA) is 15.3 Å². The number of nitrogens with zero attached hydrogens (tertiary/aromatic N) is 1. The zero-order valence-corrected chi connectivity index (χ0v) is 13.7. The lowest BCUT2D eigenvalue weighted by Gasteiger charge is -2.46. The molecular weight excluding hydrogens is 268 g/mol. The molecule has 1 aromatic rings. The molecule has 0 bridgehead atoms. The van der Waals surface area contributed by atoms with Crippen LogP contribution in [0, 0.1) is 0 Å². The molecule has 0 radical (unpaired) electrons. The minimum absolute atomic E-state index is 0.212. The summed E-state index contributed by atoms with van der Waals surface area (Å²) in [4.78, 5) is 2.63. The van der Waals surface area contributed by atoms with Gasteiger partial charge in [0.15, 0.2) is 0 Å². The van der Waals surface area contributed by atoms with Gasteiger partial charge in [-0.2, -0.15) is 0 Å². The Morgan fingerprint density at radius 3 is 2.30 bits per heavy atom. The van der Waals surface area contributed by atoms with Gasteiger partial charge in [0.25, 0.3) is 0 Å². The lowest BCUT2D eigenvalue weighted by molar-refractivity contribution is 0.0656. The normalized spacial score (nSPS) is 19.4. The quantitative estimate of drug-likeness (QED) is 0.843. The minimum Gasteiger partial charge on any atom is -0.311 e. The molecule has 0 spiro atoms. The van der Waals surface area contributed by atoms with Gasteiger partial charge in [0.2, 0.25) is 0 Å². The van der Waals surface area contributed by atoms with E-state index in [2.05, 4.69) is 43.2 Å². The van der Waals surface area contributed by atoms with Crippen LogP contribution >= 0.6 is 11.6 Å². The smallest absolute Gasteiger partial charge is 0.0519 e. The van der Waals surface area contributed by atoms with Crippen LogP contribution in [0.25, 0.3) is 0 Å². The molecule has 1 unspecified atom stereocenters. The Labute approximate surface area is 128 Å². The zero-order chi connectivity index (χ0) is 14.6. The van der Waals surface area contributed by atoms with Crippen molar-refractivity contribution >= 4 is 11.6 Å². The van der Waals surface area contributed by atoms with Gasteiger partial charge >= 0.3 is 0 Å². The molecule has 1 saturated carbocycles. The fourth-order valence-electron chi connectivity index (χ4n) is 4.05. The lowest BCUT2D eigenvalue weighted by Crippen LogP contribution is -2.54. The second kappa shape index (κ2) is 6.93. The van der Waals surface area contributed by atoms with Crippen LogP contribution in [0.3, 0.4) is 0 Å². The molecule has 3 heteroatoms. The Balaban J connectivity index is 2.43. The van der Waals surface area contributed by atoms with Crippen LogP contribution in [-0.4, -0.2) is 30.6 Å². The summed E-state index contributed by atoms with van der Waals surface area (Å²) in [7, 11) is 2.07. The first-order valence-corrected chi connectivity index (χ1v) is 8.24. The van der Waals surface area contributed by atoms with Crippen molar-refractivity contribution in [1.82, 2.24) is 10.2 Å². The fraction of sp³-hybridized carbons (Fsp3) is 0.647. The number of likely N-dealkylation sites (N-methyl/N-ethyl adjacent to an activating group) is 2. The Morgan fingerprint density at radius 1 is 1.20 bits per heavy atom. The number of rotatable bonds is 6. The first-order chi connectivity index (χ1) is 9.69. The van der Waals surface area contributed by atoms with Crippen molar-refractivity contribution < 1.29 is 0 Å². The standard InChI is InChI=1S/C17H27ClN2/c1-4-20(5-2)17(12-8-9-13-17)16(19-3)14-10-6-7-11-15(14)18/h6-7,10-11,16,19H,4-5,8-9,12-13H2,1-3H3. The van der Waals surface area contributed by atoms with Gasteiger partial charge < -0.3 is 5.32 Å². The molecule has 0 amide bonds.